The number of hydrogen-bond donors (Lipinski definition) is 0. The van der Waals surface area contributed by atoms with Gasteiger partial charge in [0.25, 0.3) is 0 Å². The van der Waals surface area contributed by atoms with E-state index < -0.39 is 25.5 Å². The third kappa shape index (κ3) is 6.27. The molecule has 0 spiro atoms. The van der Waals surface area contributed by atoms with Gasteiger partial charge >= 0.3 is 47.1 Å². The Hall–Kier alpha value is 0.272. The predicted octanol–water partition coefficient (Wildman–Crippen LogP) is -1.11. The normalized spacial score (nSPS) is 11.0. The first kappa shape index (κ1) is 7.27. The van der Waals surface area contributed by atoms with E-state index in [9.17, 15) is 13.0 Å². The summed E-state index contributed by atoms with van der Waals surface area (Å²) >= 11 is -0.791. The Kier molecular flexibility index (Phi) is 2.65. The molecule has 0 heterocycles. The van der Waals surface area contributed by atoms with Gasteiger partial charge in [-0.15, -0.1) is 0 Å². The van der Waals surface area contributed by atoms with Crippen LogP contribution in [0.25, 0.3) is 0 Å². The fourth-order valence-electron chi connectivity index (χ4n) is 0.0589. The van der Waals surface area contributed by atoms with Crippen LogP contribution in [0.5, 0.6) is 0 Å². The molecule has 0 radical (unpaired) electrons. The van der Waals surface area contributed by atoms with E-state index >= 15 is 0 Å². The molecule has 0 atom stereocenters. The quantitative estimate of drug-likeness (QED) is 0.381. The minimum atomic E-state index is -4.46. The molecule has 0 saturated carbocycles. The average molecular weight is 162 g/mol. The van der Waals surface area contributed by atoms with Crippen LogP contribution in [-0.2, 0) is 28.7 Å². The molecule has 0 aromatic rings. The fourth-order valence-corrected chi connectivity index (χ4v) is 0.729. The second kappa shape index (κ2) is 2.55. The molecule has 43 valence electrons. The predicted molar refractivity (Wildman–Crippen MR) is 17.9 cm³/mol. The second-order valence-electron chi connectivity index (χ2n) is 0.594. The standard InChI is InChI=1S/CH2.Cr.H2O4S/c;;1-5(2,3)4/h1H2;;(H2,1,2,3,4)/q;+1;/p-2. The van der Waals surface area contributed by atoms with E-state index in [4.69, 9.17) is 0 Å². The molecule has 6 heteroatoms. The third-order valence-electron chi connectivity index (χ3n) is 0.131. The molecule has 0 aliphatic carbocycles. The van der Waals surface area contributed by atoms with Crippen LogP contribution in [0.2, 0.25) is 0 Å². The van der Waals surface area contributed by atoms with Crippen LogP contribution in [0.4, 0.5) is 0 Å². The Morgan fingerprint density at radius 2 is 2.14 bits per heavy atom. The zero-order valence-electron chi connectivity index (χ0n) is 3.16. The molecule has 0 amide bonds. The van der Waals surface area contributed by atoms with Gasteiger partial charge in [0.05, 0.1) is 0 Å². The van der Waals surface area contributed by atoms with Gasteiger partial charge < -0.3 is 0 Å². The van der Waals surface area contributed by atoms with E-state index in [-0.39, 0.29) is 0 Å². The van der Waals surface area contributed by atoms with Gasteiger partial charge in [-0.25, -0.2) is 0 Å². The van der Waals surface area contributed by atoms with E-state index in [0.29, 0.717) is 0 Å². The van der Waals surface area contributed by atoms with Gasteiger partial charge in [0, 0.05) is 0 Å². The van der Waals surface area contributed by atoms with Crippen LogP contribution >= 0.6 is 0 Å². The molecule has 0 aromatic heterocycles. The first-order chi connectivity index (χ1) is 3.06. The molecule has 0 fully saturated rings. The van der Waals surface area contributed by atoms with E-state index in [0.717, 1.165) is 0 Å². The number of hydrogen-bond acceptors (Lipinski definition) is 4. The maximum atomic E-state index is 9.43. The summed E-state index contributed by atoms with van der Waals surface area (Å²) in [7, 11) is -4.46. The molecule has 0 N–H and O–H groups in total. The van der Waals surface area contributed by atoms with Crippen molar-refractivity contribution in [3.63, 3.8) is 0 Å². The minimum absolute atomic E-state index is 0.791. The van der Waals surface area contributed by atoms with Gasteiger partial charge in [-0.3, -0.25) is 0 Å². The Morgan fingerprint density at radius 1 is 1.71 bits per heavy atom. The molecule has 0 aliphatic heterocycles. The van der Waals surface area contributed by atoms with Gasteiger partial charge in [-0.1, -0.05) is 0 Å². The molecule has 0 saturated heterocycles. The average Bonchev–Trinajstić information content (AvgIpc) is 1.30. The van der Waals surface area contributed by atoms with Crippen LogP contribution in [-0.4, -0.2) is 18.4 Å². The Bertz CT molecular complexity index is 145. The van der Waals surface area contributed by atoms with Crippen molar-refractivity contribution in [3.05, 3.63) is 0 Å². The Labute approximate surface area is 47.6 Å². The van der Waals surface area contributed by atoms with Crippen molar-refractivity contribution in [1.29, 1.82) is 0 Å². The zero-order chi connectivity index (χ0) is 5.91. The summed E-state index contributed by atoms with van der Waals surface area (Å²) < 4.78 is 31.9. The summed E-state index contributed by atoms with van der Waals surface area (Å²) in [5, 5.41) is 3.03. The maximum absolute atomic E-state index is 9.43. The summed E-state index contributed by atoms with van der Waals surface area (Å²) in [4.78, 5) is 0. The van der Waals surface area contributed by atoms with Crippen LogP contribution in [0, 0.1) is 0 Å². The third-order valence-corrected chi connectivity index (χ3v) is 1.63. The van der Waals surface area contributed by atoms with E-state index in [2.05, 4.69) is 8.62 Å². The first-order valence-corrected chi connectivity index (χ1v) is 3.88. The fraction of sp³-hybridized carbons (Fsp3) is 0. The summed E-state index contributed by atoms with van der Waals surface area (Å²) in [6, 6.07) is 0. The van der Waals surface area contributed by atoms with E-state index in [1.807, 2.05) is 0 Å². The molecule has 0 aromatic carbocycles. The van der Waals surface area contributed by atoms with Gasteiger partial charge in [0.15, 0.2) is 0 Å². The molecular weight excluding hydrogens is 160 g/mol. The van der Waals surface area contributed by atoms with Gasteiger partial charge in [-0.05, 0) is 0 Å². The number of rotatable bonds is 2. The van der Waals surface area contributed by atoms with Crippen molar-refractivity contribution in [2.75, 3.05) is 0 Å². The van der Waals surface area contributed by atoms with Crippen LogP contribution in [0.3, 0.4) is 0 Å². The summed E-state index contributed by atoms with van der Waals surface area (Å²) in [6.07, 6.45) is 0. The molecule has 4 nitrogen and oxygen atoms in total. The van der Waals surface area contributed by atoms with Gasteiger partial charge in [0.1, 0.15) is 0 Å². The van der Waals surface area contributed by atoms with E-state index in [1.54, 1.807) is 0 Å². The van der Waals surface area contributed by atoms with E-state index in [1.165, 1.54) is 0 Å². The second-order valence-corrected chi connectivity index (χ2v) is 2.55. The summed E-state index contributed by atoms with van der Waals surface area (Å²) in [5.74, 6) is 0. The topological polar surface area (TPSA) is 66.4 Å². The molecular formula is CH2CrO4S-. The Morgan fingerprint density at radius 3 is 2.14 bits per heavy atom. The van der Waals surface area contributed by atoms with Crippen molar-refractivity contribution in [2.24, 2.45) is 0 Å². The molecule has 0 bridgehead atoms. The molecule has 0 rings (SSSR count). The first-order valence-electron chi connectivity index (χ1n) is 1.12. The van der Waals surface area contributed by atoms with Crippen LogP contribution in [0.15, 0.2) is 0 Å². The molecule has 0 aliphatic rings. The SMILES string of the molecule is [CH2]=[Cr][O]S(=O)(=O)[O-]. The summed E-state index contributed by atoms with van der Waals surface area (Å²) in [5.41, 5.74) is 0. The van der Waals surface area contributed by atoms with Crippen LogP contribution < -0.4 is 0 Å². The monoisotopic (exact) mass is 162 g/mol. The van der Waals surface area contributed by atoms with Crippen molar-refractivity contribution in [2.45, 2.75) is 0 Å². The zero-order valence-corrected chi connectivity index (χ0v) is 5.25. The van der Waals surface area contributed by atoms with Crippen molar-refractivity contribution < 1.29 is 31.3 Å². The Balaban J connectivity index is 3.84. The van der Waals surface area contributed by atoms with Crippen molar-refractivity contribution in [3.8, 4) is 0 Å². The van der Waals surface area contributed by atoms with Crippen LogP contribution in [0.1, 0.15) is 0 Å². The van der Waals surface area contributed by atoms with Gasteiger partial charge in [0.2, 0.25) is 0 Å². The van der Waals surface area contributed by atoms with Crippen molar-refractivity contribution in [1.82, 2.24) is 0 Å². The van der Waals surface area contributed by atoms with Crippen molar-refractivity contribution >= 4 is 15.8 Å². The van der Waals surface area contributed by atoms with Gasteiger partial charge in [-0.2, -0.15) is 0 Å². The molecule has 0 unspecified atom stereocenters. The molecule has 7 heavy (non-hydrogen) atoms. The summed E-state index contributed by atoms with van der Waals surface area (Å²) in [6.45, 7) is 0.